The topological polar surface area (TPSA) is 74.8 Å². The summed E-state index contributed by atoms with van der Waals surface area (Å²) in [5.74, 6) is 0.256. The molecule has 0 radical (unpaired) electrons. The molecule has 0 aliphatic rings. The second-order valence-corrected chi connectivity index (χ2v) is 5.70. The molecule has 0 bridgehead atoms. The van der Waals surface area contributed by atoms with E-state index in [0.717, 1.165) is 0 Å². The van der Waals surface area contributed by atoms with Gasteiger partial charge < -0.3 is 0 Å². The van der Waals surface area contributed by atoms with Crippen LogP contribution in [-0.2, 0) is 10.0 Å². The molecule has 0 fully saturated rings. The lowest BCUT2D eigenvalue weighted by atomic mass is 10.1. The van der Waals surface area contributed by atoms with Crippen LogP contribution >= 0.6 is 0 Å². The van der Waals surface area contributed by atoms with Crippen molar-refractivity contribution in [1.82, 2.24) is 14.9 Å². The summed E-state index contributed by atoms with van der Waals surface area (Å²) in [5, 5.41) is 6.30. The molecule has 0 spiro atoms. The lowest BCUT2D eigenvalue weighted by Crippen LogP contribution is -2.36. The summed E-state index contributed by atoms with van der Waals surface area (Å²) in [4.78, 5) is 0.218. The minimum Gasteiger partial charge on any atom is -0.281 e. The predicted molar refractivity (Wildman–Crippen MR) is 57.9 cm³/mol. The summed E-state index contributed by atoms with van der Waals surface area (Å²) >= 11 is 0. The number of hydrogen-bond acceptors (Lipinski definition) is 3. The number of aromatic nitrogens is 2. The Morgan fingerprint density at radius 2 is 2.00 bits per heavy atom. The van der Waals surface area contributed by atoms with E-state index in [1.165, 1.54) is 6.20 Å². The summed E-state index contributed by atoms with van der Waals surface area (Å²) in [6.07, 6.45) is 1.32. The van der Waals surface area contributed by atoms with Crippen LogP contribution in [0.2, 0.25) is 0 Å². The molecule has 0 saturated carbocycles. The SMILES string of the molecule is Cc1[nH]ncc1S(=O)(=O)NC(C)C(C)C. The van der Waals surface area contributed by atoms with Gasteiger partial charge in [0.05, 0.1) is 11.9 Å². The number of aryl methyl sites for hydroxylation is 1. The number of nitrogens with one attached hydrogen (secondary N) is 2. The fourth-order valence-corrected chi connectivity index (χ4v) is 2.58. The third-order valence-corrected chi connectivity index (χ3v) is 4.09. The first-order valence-corrected chi connectivity index (χ1v) is 6.35. The van der Waals surface area contributed by atoms with Crippen LogP contribution in [0.25, 0.3) is 0 Å². The largest absolute Gasteiger partial charge is 0.281 e. The van der Waals surface area contributed by atoms with Crippen molar-refractivity contribution in [2.24, 2.45) is 5.92 Å². The molecular formula is C9H17N3O2S. The number of hydrogen-bond donors (Lipinski definition) is 2. The molecule has 1 aromatic heterocycles. The Morgan fingerprint density at radius 1 is 1.40 bits per heavy atom. The van der Waals surface area contributed by atoms with Crippen LogP contribution in [-0.4, -0.2) is 24.7 Å². The molecule has 15 heavy (non-hydrogen) atoms. The standard InChI is InChI=1S/C9H17N3O2S/c1-6(2)7(3)12-15(13,14)9-5-10-11-8(9)4/h5-7,12H,1-4H3,(H,10,11). The van der Waals surface area contributed by atoms with Gasteiger partial charge >= 0.3 is 0 Å². The van der Waals surface area contributed by atoms with Crippen molar-refractivity contribution < 1.29 is 8.42 Å². The van der Waals surface area contributed by atoms with Gasteiger partial charge in [0.2, 0.25) is 10.0 Å². The van der Waals surface area contributed by atoms with E-state index < -0.39 is 10.0 Å². The molecule has 5 nitrogen and oxygen atoms in total. The number of rotatable bonds is 4. The van der Waals surface area contributed by atoms with Crippen molar-refractivity contribution in [3.63, 3.8) is 0 Å². The van der Waals surface area contributed by atoms with Gasteiger partial charge in [-0.05, 0) is 19.8 Å². The Kier molecular flexibility index (Phi) is 3.51. The maximum Gasteiger partial charge on any atom is 0.244 e. The molecule has 1 atom stereocenters. The van der Waals surface area contributed by atoms with Crippen LogP contribution in [0, 0.1) is 12.8 Å². The third-order valence-electron chi connectivity index (χ3n) is 2.41. The zero-order chi connectivity index (χ0) is 11.6. The van der Waals surface area contributed by atoms with Crippen LogP contribution in [0.15, 0.2) is 11.1 Å². The number of H-pyrrole nitrogens is 1. The zero-order valence-corrected chi connectivity index (χ0v) is 10.2. The molecule has 0 aromatic carbocycles. The highest BCUT2D eigenvalue weighted by atomic mass is 32.2. The first-order chi connectivity index (χ1) is 6.84. The Hall–Kier alpha value is -0.880. The smallest absolute Gasteiger partial charge is 0.244 e. The third kappa shape index (κ3) is 2.79. The molecule has 1 unspecified atom stereocenters. The van der Waals surface area contributed by atoms with E-state index in [4.69, 9.17) is 0 Å². The number of nitrogens with zero attached hydrogens (tertiary/aromatic N) is 1. The fraction of sp³-hybridized carbons (Fsp3) is 0.667. The number of sulfonamides is 1. The van der Waals surface area contributed by atoms with Gasteiger partial charge in [0, 0.05) is 6.04 Å². The van der Waals surface area contributed by atoms with Crippen molar-refractivity contribution in [2.45, 2.75) is 38.6 Å². The highest BCUT2D eigenvalue weighted by molar-refractivity contribution is 7.89. The Labute approximate surface area is 90.3 Å². The van der Waals surface area contributed by atoms with E-state index in [-0.39, 0.29) is 16.9 Å². The molecule has 0 saturated heterocycles. The first kappa shape index (κ1) is 12.2. The molecule has 2 N–H and O–H groups in total. The summed E-state index contributed by atoms with van der Waals surface area (Å²) < 4.78 is 26.3. The Bertz CT molecular complexity index is 422. The normalized spacial score (nSPS) is 14.5. The minimum absolute atomic E-state index is 0.0932. The maximum absolute atomic E-state index is 11.9. The molecule has 1 aromatic rings. The van der Waals surface area contributed by atoms with Gasteiger partial charge in [0.1, 0.15) is 4.90 Å². The van der Waals surface area contributed by atoms with Gasteiger partial charge in [-0.3, -0.25) is 5.10 Å². The summed E-state index contributed by atoms with van der Waals surface area (Å²) in [5.41, 5.74) is 0.554. The molecule has 0 aliphatic carbocycles. The van der Waals surface area contributed by atoms with E-state index in [2.05, 4.69) is 14.9 Å². The molecule has 0 aliphatic heterocycles. The molecular weight excluding hydrogens is 214 g/mol. The Balaban J connectivity index is 2.91. The maximum atomic E-state index is 11.9. The monoisotopic (exact) mass is 231 g/mol. The average molecular weight is 231 g/mol. The molecule has 1 heterocycles. The van der Waals surface area contributed by atoms with E-state index in [1.807, 2.05) is 20.8 Å². The van der Waals surface area contributed by atoms with E-state index in [0.29, 0.717) is 5.69 Å². The van der Waals surface area contributed by atoms with Gasteiger partial charge in [-0.25, -0.2) is 13.1 Å². The minimum atomic E-state index is -3.44. The van der Waals surface area contributed by atoms with Crippen LogP contribution in [0.5, 0.6) is 0 Å². The molecule has 1 rings (SSSR count). The second kappa shape index (κ2) is 4.32. The lowest BCUT2D eigenvalue weighted by molar-refractivity contribution is 0.476. The van der Waals surface area contributed by atoms with E-state index in [1.54, 1.807) is 6.92 Å². The average Bonchev–Trinajstić information content (AvgIpc) is 2.50. The Morgan fingerprint density at radius 3 is 2.40 bits per heavy atom. The van der Waals surface area contributed by atoms with Crippen LogP contribution < -0.4 is 4.72 Å². The van der Waals surface area contributed by atoms with Gasteiger partial charge in [-0.2, -0.15) is 5.10 Å². The van der Waals surface area contributed by atoms with E-state index >= 15 is 0 Å². The van der Waals surface area contributed by atoms with Crippen molar-refractivity contribution in [3.8, 4) is 0 Å². The summed E-state index contributed by atoms with van der Waals surface area (Å²) in [6.45, 7) is 7.46. The quantitative estimate of drug-likeness (QED) is 0.813. The fourth-order valence-electron chi connectivity index (χ4n) is 1.05. The summed E-state index contributed by atoms with van der Waals surface area (Å²) in [7, 11) is -3.44. The van der Waals surface area contributed by atoms with Gasteiger partial charge in [-0.1, -0.05) is 13.8 Å². The lowest BCUT2D eigenvalue weighted by Gasteiger charge is -2.16. The first-order valence-electron chi connectivity index (χ1n) is 4.87. The van der Waals surface area contributed by atoms with Crippen LogP contribution in [0.1, 0.15) is 26.5 Å². The zero-order valence-electron chi connectivity index (χ0n) is 9.40. The molecule has 6 heteroatoms. The van der Waals surface area contributed by atoms with Gasteiger partial charge in [-0.15, -0.1) is 0 Å². The predicted octanol–water partition coefficient (Wildman–Crippen LogP) is 1.04. The second-order valence-electron chi connectivity index (χ2n) is 4.01. The van der Waals surface area contributed by atoms with Crippen LogP contribution in [0.4, 0.5) is 0 Å². The van der Waals surface area contributed by atoms with Gasteiger partial charge in [0.15, 0.2) is 0 Å². The van der Waals surface area contributed by atoms with Gasteiger partial charge in [0.25, 0.3) is 0 Å². The van der Waals surface area contributed by atoms with Crippen molar-refractivity contribution in [1.29, 1.82) is 0 Å². The molecule has 86 valence electrons. The number of aromatic amines is 1. The highest BCUT2D eigenvalue weighted by Gasteiger charge is 2.21. The van der Waals surface area contributed by atoms with Crippen molar-refractivity contribution in [3.05, 3.63) is 11.9 Å². The molecule has 0 amide bonds. The summed E-state index contributed by atoms with van der Waals surface area (Å²) in [6, 6.07) is -0.0932. The van der Waals surface area contributed by atoms with Crippen molar-refractivity contribution >= 4 is 10.0 Å². The van der Waals surface area contributed by atoms with Crippen LogP contribution in [0.3, 0.4) is 0 Å². The van der Waals surface area contributed by atoms with Crippen molar-refractivity contribution in [2.75, 3.05) is 0 Å². The highest BCUT2D eigenvalue weighted by Crippen LogP contribution is 2.13. The van der Waals surface area contributed by atoms with E-state index in [9.17, 15) is 8.42 Å².